The lowest BCUT2D eigenvalue weighted by Crippen LogP contribution is -2.47. The number of pyridine rings is 1. The van der Waals surface area contributed by atoms with Gasteiger partial charge in [-0.2, -0.15) is 26.3 Å². The second-order valence-electron chi connectivity index (χ2n) is 7.16. The molecule has 1 amide bonds. The van der Waals surface area contributed by atoms with Crippen molar-refractivity contribution in [1.29, 1.82) is 0 Å². The van der Waals surface area contributed by atoms with Gasteiger partial charge in [-0.05, 0) is 49.7 Å². The number of alkyl halides is 6. The zero-order chi connectivity index (χ0) is 21.9. The number of halogens is 6. The predicted octanol–water partition coefficient (Wildman–Crippen LogP) is 4.51. The third kappa shape index (κ3) is 5.71. The number of nitrogens with zero attached hydrogens (tertiary/aromatic N) is 2. The minimum Gasteiger partial charge on any atom is -0.348 e. The fourth-order valence-electron chi connectivity index (χ4n) is 3.39. The molecule has 0 spiro atoms. The summed E-state index contributed by atoms with van der Waals surface area (Å²) in [5.74, 6) is -0.962. The lowest BCUT2D eigenvalue weighted by molar-refractivity contribution is -0.143. The molecule has 1 atom stereocenters. The third-order valence-corrected chi connectivity index (χ3v) is 4.80. The van der Waals surface area contributed by atoms with Crippen LogP contribution in [-0.2, 0) is 18.9 Å². The van der Waals surface area contributed by atoms with Crippen LogP contribution in [0.4, 0.5) is 26.3 Å². The fourth-order valence-corrected chi connectivity index (χ4v) is 3.39. The van der Waals surface area contributed by atoms with Crippen LogP contribution in [0.5, 0.6) is 0 Å². The van der Waals surface area contributed by atoms with Gasteiger partial charge >= 0.3 is 12.4 Å². The SMILES string of the molecule is O=C(N[C@@H]1CCCN(Cc2ccccn2)C1)c1cc(C(F)(F)F)cc(C(F)(F)F)c1. The number of benzene rings is 1. The van der Waals surface area contributed by atoms with Gasteiger partial charge in [-0.1, -0.05) is 6.07 Å². The highest BCUT2D eigenvalue weighted by atomic mass is 19.4. The molecule has 0 bridgehead atoms. The number of hydrogen-bond acceptors (Lipinski definition) is 3. The summed E-state index contributed by atoms with van der Waals surface area (Å²) < 4.78 is 78.0. The molecule has 1 aliphatic heterocycles. The first-order chi connectivity index (χ1) is 14.0. The van der Waals surface area contributed by atoms with Gasteiger partial charge in [0, 0.05) is 30.9 Å². The summed E-state index contributed by atoms with van der Waals surface area (Å²) in [5.41, 5.74) is -2.86. The topological polar surface area (TPSA) is 45.2 Å². The smallest absolute Gasteiger partial charge is 0.348 e. The van der Waals surface area contributed by atoms with Gasteiger partial charge in [0.25, 0.3) is 5.91 Å². The van der Waals surface area contributed by atoms with E-state index in [1.807, 2.05) is 17.0 Å². The average molecular weight is 431 g/mol. The van der Waals surface area contributed by atoms with Crippen LogP contribution in [0, 0.1) is 0 Å². The van der Waals surface area contributed by atoms with Crippen LogP contribution in [0.3, 0.4) is 0 Å². The number of likely N-dealkylation sites (tertiary alicyclic amines) is 1. The van der Waals surface area contributed by atoms with Gasteiger partial charge in [0.05, 0.1) is 16.8 Å². The number of rotatable bonds is 4. The molecule has 0 radical (unpaired) electrons. The van der Waals surface area contributed by atoms with Crippen LogP contribution >= 0.6 is 0 Å². The van der Waals surface area contributed by atoms with E-state index < -0.39 is 35.0 Å². The first kappa shape index (κ1) is 22.1. The molecule has 0 saturated carbocycles. The van der Waals surface area contributed by atoms with E-state index in [9.17, 15) is 31.1 Å². The summed E-state index contributed by atoms with van der Waals surface area (Å²) in [5, 5.41) is 2.57. The van der Waals surface area contributed by atoms with Gasteiger partial charge < -0.3 is 5.32 Å². The number of piperidine rings is 1. The Balaban J connectivity index is 1.73. The van der Waals surface area contributed by atoms with Crippen molar-refractivity contribution >= 4 is 5.91 Å². The van der Waals surface area contributed by atoms with Crippen LogP contribution in [0.15, 0.2) is 42.6 Å². The van der Waals surface area contributed by atoms with Crippen molar-refractivity contribution in [3.05, 3.63) is 65.0 Å². The molecule has 10 heteroatoms. The predicted molar refractivity (Wildman–Crippen MR) is 96.4 cm³/mol. The fraction of sp³-hybridized carbons (Fsp3) is 0.400. The number of nitrogens with one attached hydrogen (secondary N) is 1. The molecule has 1 aliphatic rings. The van der Waals surface area contributed by atoms with Crippen molar-refractivity contribution in [3.63, 3.8) is 0 Å². The van der Waals surface area contributed by atoms with E-state index in [0.717, 1.165) is 18.7 Å². The van der Waals surface area contributed by atoms with Crippen LogP contribution < -0.4 is 5.32 Å². The van der Waals surface area contributed by atoms with Crippen molar-refractivity contribution in [2.45, 2.75) is 37.8 Å². The van der Waals surface area contributed by atoms with E-state index in [2.05, 4.69) is 10.3 Å². The highest BCUT2D eigenvalue weighted by molar-refractivity contribution is 5.94. The quantitative estimate of drug-likeness (QED) is 0.725. The number of carbonyl (C=O) groups is 1. The van der Waals surface area contributed by atoms with Crippen LogP contribution in [0.25, 0.3) is 0 Å². The van der Waals surface area contributed by atoms with Gasteiger partial charge in [-0.3, -0.25) is 14.7 Å². The first-order valence-corrected chi connectivity index (χ1v) is 9.25. The summed E-state index contributed by atoms with van der Waals surface area (Å²) in [6.07, 6.45) is -7.03. The van der Waals surface area contributed by atoms with E-state index >= 15 is 0 Å². The minimum absolute atomic E-state index is 0.00594. The maximum absolute atomic E-state index is 13.0. The standard InChI is InChI=1S/C20H19F6N3O/c21-19(22,23)14-8-13(9-15(10-14)20(24,25)26)18(30)28-17-5-3-7-29(12-17)11-16-4-1-2-6-27-16/h1-2,4,6,8-10,17H,3,5,7,11-12H2,(H,28,30)/t17-/m1/s1. The van der Waals surface area contributed by atoms with Crippen molar-refractivity contribution < 1.29 is 31.1 Å². The molecular weight excluding hydrogens is 412 g/mol. The maximum atomic E-state index is 13.0. The summed E-state index contributed by atoms with van der Waals surface area (Å²) >= 11 is 0. The van der Waals surface area contributed by atoms with Gasteiger partial charge in [-0.15, -0.1) is 0 Å². The second-order valence-corrected chi connectivity index (χ2v) is 7.16. The zero-order valence-corrected chi connectivity index (χ0v) is 15.7. The minimum atomic E-state index is -5.00. The Morgan fingerprint density at radius 1 is 1.07 bits per heavy atom. The van der Waals surface area contributed by atoms with Crippen molar-refractivity contribution in [3.8, 4) is 0 Å². The summed E-state index contributed by atoms with van der Waals surface area (Å²) in [6.45, 7) is 1.72. The van der Waals surface area contributed by atoms with E-state index in [1.165, 1.54) is 0 Å². The van der Waals surface area contributed by atoms with E-state index in [-0.39, 0.29) is 12.1 Å². The monoisotopic (exact) mass is 431 g/mol. The van der Waals surface area contributed by atoms with E-state index in [0.29, 0.717) is 31.6 Å². The molecule has 1 fully saturated rings. The Labute approximate surface area is 168 Å². The molecule has 3 rings (SSSR count). The van der Waals surface area contributed by atoms with Gasteiger partial charge in [0.15, 0.2) is 0 Å². The largest absolute Gasteiger partial charge is 0.416 e. The Morgan fingerprint density at radius 3 is 2.30 bits per heavy atom. The highest BCUT2D eigenvalue weighted by Gasteiger charge is 2.37. The third-order valence-electron chi connectivity index (χ3n) is 4.80. The molecule has 1 N–H and O–H groups in total. The maximum Gasteiger partial charge on any atom is 0.416 e. The molecule has 30 heavy (non-hydrogen) atoms. The first-order valence-electron chi connectivity index (χ1n) is 9.25. The summed E-state index contributed by atoms with van der Waals surface area (Å²) in [7, 11) is 0. The van der Waals surface area contributed by atoms with E-state index in [1.54, 1.807) is 12.3 Å². The van der Waals surface area contributed by atoms with Gasteiger partial charge in [0.1, 0.15) is 0 Å². The Morgan fingerprint density at radius 2 is 1.73 bits per heavy atom. The summed E-state index contributed by atoms with van der Waals surface area (Å²) in [6, 6.07) is 5.98. The number of aromatic nitrogens is 1. The lowest BCUT2D eigenvalue weighted by Gasteiger charge is -2.33. The highest BCUT2D eigenvalue weighted by Crippen LogP contribution is 2.36. The van der Waals surface area contributed by atoms with Crippen LogP contribution in [0.1, 0.15) is 40.0 Å². The molecule has 162 valence electrons. The normalized spacial score (nSPS) is 18.3. The van der Waals surface area contributed by atoms with Crippen molar-refractivity contribution in [2.75, 3.05) is 13.1 Å². The Hall–Kier alpha value is -2.62. The number of amides is 1. The van der Waals surface area contributed by atoms with Gasteiger partial charge in [0.2, 0.25) is 0 Å². The van der Waals surface area contributed by atoms with Crippen LogP contribution in [-0.4, -0.2) is 34.9 Å². The zero-order valence-electron chi connectivity index (χ0n) is 15.7. The molecule has 2 aromatic rings. The Kier molecular flexibility index (Phi) is 6.35. The van der Waals surface area contributed by atoms with Gasteiger partial charge in [-0.25, -0.2) is 0 Å². The number of carbonyl (C=O) groups excluding carboxylic acids is 1. The average Bonchev–Trinajstić information content (AvgIpc) is 2.67. The molecule has 0 unspecified atom stereocenters. The molecule has 1 aromatic carbocycles. The Bertz CT molecular complexity index is 850. The molecule has 0 aliphatic carbocycles. The second kappa shape index (κ2) is 8.63. The molecule has 1 saturated heterocycles. The van der Waals surface area contributed by atoms with Crippen molar-refractivity contribution in [2.24, 2.45) is 0 Å². The number of hydrogen-bond donors (Lipinski definition) is 1. The molecule has 2 heterocycles. The molecule has 4 nitrogen and oxygen atoms in total. The lowest BCUT2D eigenvalue weighted by atomic mass is 10.0. The molecule has 1 aromatic heterocycles. The van der Waals surface area contributed by atoms with E-state index in [4.69, 9.17) is 0 Å². The summed E-state index contributed by atoms with van der Waals surface area (Å²) in [4.78, 5) is 18.7. The molecular formula is C20H19F6N3O. The van der Waals surface area contributed by atoms with Crippen LogP contribution in [0.2, 0.25) is 0 Å². The van der Waals surface area contributed by atoms with Crippen molar-refractivity contribution in [1.82, 2.24) is 15.2 Å².